The summed E-state index contributed by atoms with van der Waals surface area (Å²) in [6, 6.07) is 6.17. The Balaban J connectivity index is 2.05. The first kappa shape index (κ1) is 11.0. The molecule has 1 aromatic rings. The first-order chi connectivity index (χ1) is 7.08. The van der Waals surface area contributed by atoms with Gasteiger partial charge in [-0.2, -0.15) is 8.78 Å². The van der Waals surface area contributed by atoms with Crippen LogP contribution in [0.4, 0.5) is 8.78 Å². The summed E-state index contributed by atoms with van der Waals surface area (Å²) < 4.78 is 32.9. The van der Waals surface area contributed by atoms with Gasteiger partial charge in [0.1, 0.15) is 6.61 Å². The van der Waals surface area contributed by atoms with Crippen molar-refractivity contribution in [1.82, 2.24) is 0 Å². The molecule has 0 aromatic heterocycles. The summed E-state index contributed by atoms with van der Waals surface area (Å²) in [5, 5.41) is 0. The van der Waals surface area contributed by atoms with Crippen molar-refractivity contribution in [2.75, 3.05) is 6.61 Å². The fourth-order valence-electron chi connectivity index (χ4n) is 1.26. The van der Waals surface area contributed by atoms with Gasteiger partial charge in [0.2, 0.25) is 0 Å². The minimum atomic E-state index is -2.90. The van der Waals surface area contributed by atoms with Crippen molar-refractivity contribution in [3.63, 3.8) is 0 Å². The zero-order valence-corrected chi connectivity index (χ0v) is 9.64. The van der Waals surface area contributed by atoms with Gasteiger partial charge in [0, 0.05) is 10.0 Å². The summed E-state index contributed by atoms with van der Waals surface area (Å²) in [6.45, 7) is -0.520. The van der Waals surface area contributed by atoms with Gasteiger partial charge in [-0.25, -0.2) is 0 Å². The molecule has 0 radical (unpaired) electrons. The van der Waals surface area contributed by atoms with Crippen molar-refractivity contribution in [3.05, 3.63) is 34.3 Å². The minimum absolute atomic E-state index is 0.00229. The first-order valence-corrected chi connectivity index (χ1v) is 5.63. The number of hydrogen-bond donors (Lipinski definition) is 0. The molecule has 0 N–H and O–H groups in total. The molecule has 0 unspecified atom stereocenters. The van der Waals surface area contributed by atoms with Gasteiger partial charge in [-0.1, -0.05) is 28.1 Å². The van der Waals surface area contributed by atoms with Gasteiger partial charge in [0.25, 0.3) is 5.92 Å². The summed E-state index contributed by atoms with van der Waals surface area (Å²) >= 11 is 3.17. The highest BCUT2D eigenvalue weighted by Gasteiger charge is 2.35. The van der Waals surface area contributed by atoms with E-state index < -0.39 is 12.5 Å². The molecule has 0 spiro atoms. The third-order valence-electron chi connectivity index (χ3n) is 2.27. The Morgan fingerprint density at radius 3 is 2.73 bits per heavy atom. The molecule has 0 heterocycles. The van der Waals surface area contributed by atoms with Crippen molar-refractivity contribution < 1.29 is 13.5 Å². The maximum Gasteiger partial charge on any atom is 0.296 e. The quantitative estimate of drug-likeness (QED) is 0.815. The van der Waals surface area contributed by atoms with Crippen LogP contribution in [0.5, 0.6) is 0 Å². The van der Waals surface area contributed by atoms with Gasteiger partial charge < -0.3 is 4.74 Å². The molecule has 82 valence electrons. The van der Waals surface area contributed by atoms with Crippen LogP contribution in [0.3, 0.4) is 0 Å². The fraction of sp³-hybridized carbons (Fsp3) is 0.455. The molecule has 4 heteroatoms. The normalized spacial score (nSPS) is 16.7. The van der Waals surface area contributed by atoms with E-state index in [1.807, 2.05) is 0 Å². The molecular formula is C11H11BrF2O. The van der Waals surface area contributed by atoms with Crippen molar-refractivity contribution in [1.29, 1.82) is 0 Å². The number of ether oxygens (including phenoxy) is 1. The SMILES string of the molecule is FC(F)(COC1CC1)c1cccc(Br)c1. The highest BCUT2D eigenvalue weighted by molar-refractivity contribution is 9.10. The Morgan fingerprint density at radius 2 is 2.13 bits per heavy atom. The van der Waals surface area contributed by atoms with Crippen LogP contribution in [0.25, 0.3) is 0 Å². The van der Waals surface area contributed by atoms with E-state index in [1.165, 1.54) is 12.1 Å². The molecule has 0 bridgehead atoms. The first-order valence-electron chi connectivity index (χ1n) is 4.83. The Labute approximate surface area is 95.6 Å². The van der Waals surface area contributed by atoms with E-state index in [-0.39, 0.29) is 11.7 Å². The average Bonchev–Trinajstić information content (AvgIpc) is 2.98. The van der Waals surface area contributed by atoms with Gasteiger partial charge >= 0.3 is 0 Å². The van der Waals surface area contributed by atoms with Gasteiger partial charge in [-0.3, -0.25) is 0 Å². The zero-order chi connectivity index (χ0) is 10.9. The van der Waals surface area contributed by atoms with Gasteiger partial charge in [0.15, 0.2) is 0 Å². The number of rotatable bonds is 4. The van der Waals surface area contributed by atoms with E-state index >= 15 is 0 Å². The van der Waals surface area contributed by atoms with E-state index in [9.17, 15) is 8.78 Å². The molecule has 1 aromatic carbocycles. The van der Waals surface area contributed by atoms with Crippen molar-refractivity contribution >= 4 is 15.9 Å². The Kier molecular flexibility index (Phi) is 3.07. The number of benzene rings is 1. The van der Waals surface area contributed by atoms with Crippen molar-refractivity contribution in [2.24, 2.45) is 0 Å². The van der Waals surface area contributed by atoms with Crippen molar-refractivity contribution in [3.8, 4) is 0 Å². The molecule has 0 atom stereocenters. The lowest BCUT2D eigenvalue weighted by Gasteiger charge is -2.16. The Bertz CT molecular complexity index is 350. The molecule has 1 aliphatic carbocycles. The van der Waals surface area contributed by atoms with Crippen LogP contribution in [0.2, 0.25) is 0 Å². The molecule has 1 saturated carbocycles. The zero-order valence-electron chi connectivity index (χ0n) is 8.05. The Hall–Kier alpha value is -0.480. The smallest absolute Gasteiger partial charge is 0.296 e. The van der Waals surface area contributed by atoms with Gasteiger partial charge in [-0.05, 0) is 25.0 Å². The largest absolute Gasteiger partial charge is 0.372 e. The van der Waals surface area contributed by atoms with Gasteiger partial charge in [-0.15, -0.1) is 0 Å². The predicted octanol–water partition coefficient (Wildman–Crippen LogP) is 3.72. The summed E-state index contributed by atoms with van der Waals surface area (Å²) in [5.41, 5.74) is -0.00229. The molecule has 2 rings (SSSR count). The second-order valence-electron chi connectivity index (χ2n) is 3.73. The maximum absolute atomic E-state index is 13.6. The monoisotopic (exact) mass is 276 g/mol. The van der Waals surface area contributed by atoms with Crippen LogP contribution in [0.1, 0.15) is 18.4 Å². The van der Waals surface area contributed by atoms with Gasteiger partial charge in [0.05, 0.1) is 6.10 Å². The van der Waals surface area contributed by atoms with Crippen LogP contribution >= 0.6 is 15.9 Å². The van der Waals surface area contributed by atoms with Crippen LogP contribution < -0.4 is 0 Å². The lowest BCUT2D eigenvalue weighted by atomic mass is 10.1. The summed E-state index contributed by atoms with van der Waals surface area (Å²) in [5.74, 6) is -2.90. The highest BCUT2D eigenvalue weighted by Crippen LogP contribution is 2.33. The Morgan fingerprint density at radius 1 is 1.40 bits per heavy atom. The second-order valence-corrected chi connectivity index (χ2v) is 4.64. The summed E-state index contributed by atoms with van der Waals surface area (Å²) in [7, 11) is 0. The van der Waals surface area contributed by atoms with E-state index in [1.54, 1.807) is 12.1 Å². The van der Waals surface area contributed by atoms with Crippen LogP contribution in [-0.4, -0.2) is 12.7 Å². The molecule has 15 heavy (non-hydrogen) atoms. The number of alkyl halides is 2. The maximum atomic E-state index is 13.6. The molecule has 1 aliphatic rings. The van der Waals surface area contributed by atoms with E-state index in [0.29, 0.717) is 4.47 Å². The molecule has 1 fully saturated rings. The molecule has 1 nitrogen and oxygen atoms in total. The fourth-order valence-corrected chi connectivity index (χ4v) is 1.66. The summed E-state index contributed by atoms with van der Waals surface area (Å²) in [6.07, 6.45) is 1.88. The summed E-state index contributed by atoms with van der Waals surface area (Å²) in [4.78, 5) is 0. The molecule has 0 amide bonds. The second kappa shape index (κ2) is 4.18. The lowest BCUT2D eigenvalue weighted by molar-refractivity contribution is -0.0873. The predicted molar refractivity (Wildman–Crippen MR) is 57.0 cm³/mol. The molecule has 0 aliphatic heterocycles. The number of hydrogen-bond acceptors (Lipinski definition) is 1. The van der Waals surface area contributed by atoms with Crippen LogP contribution in [0, 0.1) is 0 Å². The highest BCUT2D eigenvalue weighted by atomic mass is 79.9. The van der Waals surface area contributed by atoms with Crippen LogP contribution in [0.15, 0.2) is 28.7 Å². The third-order valence-corrected chi connectivity index (χ3v) is 2.76. The third kappa shape index (κ3) is 2.98. The molecular weight excluding hydrogens is 266 g/mol. The minimum Gasteiger partial charge on any atom is -0.372 e. The molecule has 0 saturated heterocycles. The van der Waals surface area contributed by atoms with E-state index in [2.05, 4.69) is 15.9 Å². The van der Waals surface area contributed by atoms with E-state index in [0.717, 1.165) is 12.8 Å². The average molecular weight is 277 g/mol. The van der Waals surface area contributed by atoms with Crippen molar-refractivity contribution in [2.45, 2.75) is 24.9 Å². The standard InChI is InChI=1S/C11H11BrF2O/c12-9-3-1-2-8(6-9)11(13,14)7-15-10-4-5-10/h1-3,6,10H,4-5,7H2. The topological polar surface area (TPSA) is 9.23 Å². The number of halogens is 3. The van der Waals surface area contributed by atoms with Crippen LogP contribution in [-0.2, 0) is 10.7 Å². The van der Waals surface area contributed by atoms with E-state index in [4.69, 9.17) is 4.74 Å². The lowest BCUT2D eigenvalue weighted by Crippen LogP contribution is -2.21.